The molecule has 0 N–H and O–H groups in total. The first-order valence-electron chi connectivity index (χ1n) is 9.36. The van der Waals surface area contributed by atoms with Crippen LogP contribution in [0.25, 0.3) is 27.8 Å². The van der Waals surface area contributed by atoms with Crippen LogP contribution < -0.4 is 0 Å². The van der Waals surface area contributed by atoms with Crippen LogP contribution in [0.2, 0.25) is 5.02 Å². The van der Waals surface area contributed by atoms with Crippen LogP contribution in [0.3, 0.4) is 0 Å². The van der Waals surface area contributed by atoms with E-state index in [9.17, 15) is 4.79 Å². The Kier molecular flexibility index (Phi) is 5.69. The molecule has 4 aromatic rings. The van der Waals surface area contributed by atoms with Gasteiger partial charge in [-0.25, -0.2) is 9.97 Å². The molecule has 0 aliphatic rings. The van der Waals surface area contributed by atoms with Crippen LogP contribution in [0.15, 0.2) is 72.1 Å². The van der Waals surface area contributed by atoms with Crippen LogP contribution >= 0.6 is 23.4 Å². The zero-order chi connectivity index (χ0) is 20.4. The van der Waals surface area contributed by atoms with E-state index in [2.05, 4.69) is 35.2 Å². The van der Waals surface area contributed by atoms with Gasteiger partial charge in [-0.1, -0.05) is 54.9 Å². The monoisotopic (exact) mass is 421 g/mol. The van der Waals surface area contributed by atoms with E-state index in [1.807, 2.05) is 47.0 Å². The summed E-state index contributed by atoms with van der Waals surface area (Å²) in [5.74, 6) is 0.176. The molecule has 146 valence electrons. The standard InChI is InChI=1S/C23H20ClN3OS/c1-15(28)11-16(2)29-23-21-20(17-7-4-3-5-8-17)13-27(22(21)25-14-26-23)19-10-6-9-18(24)12-19/h3-10,12-14,16H,11H2,1-2H3. The minimum absolute atomic E-state index is 0.128. The molecule has 6 heteroatoms. The van der Waals surface area contributed by atoms with E-state index in [1.54, 1.807) is 25.0 Å². The summed E-state index contributed by atoms with van der Waals surface area (Å²) in [4.78, 5) is 20.7. The van der Waals surface area contributed by atoms with Crippen molar-refractivity contribution in [2.45, 2.75) is 30.5 Å². The Morgan fingerprint density at radius 2 is 1.93 bits per heavy atom. The molecule has 0 radical (unpaired) electrons. The number of aromatic nitrogens is 3. The minimum atomic E-state index is 0.128. The van der Waals surface area contributed by atoms with Crippen LogP contribution in [0.4, 0.5) is 0 Å². The summed E-state index contributed by atoms with van der Waals surface area (Å²) in [7, 11) is 0. The number of benzene rings is 2. The van der Waals surface area contributed by atoms with Crippen molar-refractivity contribution in [1.82, 2.24) is 14.5 Å². The Hall–Kier alpha value is -2.63. The largest absolute Gasteiger partial charge is 0.301 e. The minimum Gasteiger partial charge on any atom is -0.301 e. The number of halogens is 1. The van der Waals surface area contributed by atoms with Crippen molar-refractivity contribution in [1.29, 1.82) is 0 Å². The lowest BCUT2D eigenvalue weighted by atomic mass is 10.1. The van der Waals surface area contributed by atoms with E-state index in [-0.39, 0.29) is 11.0 Å². The van der Waals surface area contributed by atoms with E-state index in [0.29, 0.717) is 11.4 Å². The fourth-order valence-corrected chi connectivity index (χ4v) is 4.73. The van der Waals surface area contributed by atoms with Gasteiger partial charge in [-0.2, -0.15) is 0 Å². The first-order chi connectivity index (χ1) is 14.0. The molecular formula is C23H20ClN3OS. The molecule has 0 saturated carbocycles. The predicted molar refractivity (Wildman–Crippen MR) is 120 cm³/mol. The molecule has 2 aromatic heterocycles. The zero-order valence-electron chi connectivity index (χ0n) is 16.2. The molecule has 0 saturated heterocycles. The van der Waals surface area contributed by atoms with Crippen molar-refractivity contribution in [3.05, 3.63) is 72.1 Å². The highest BCUT2D eigenvalue weighted by atomic mass is 35.5. The first kappa shape index (κ1) is 19.7. The van der Waals surface area contributed by atoms with Gasteiger partial charge < -0.3 is 4.57 Å². The number of nitrogens with zero attached hydrogens (tertiary/aromatic N) is 3. The molecule has 2 heterocycles. The number of ketones is 1. The van der Waals surface area contributed by atoms with Gasteiger partial charge >= 0.3 is 0 Å². The third kappa shape index (κ3) is 4.21. The highest BCUT2D eigenvalue weighted by Crippen LogP contribution is 2.38. The van der Waals surface area contributed by atoms with E-state index in [0.717, 1.165) is 32.9 Å². The lowest BCUT2D eigenvalue weighted by molar-refractivity contribution is -0.116. The number of hydrogen-bond donors (Lipinski definition) is 0. The van der Waals surface area contributed by atoms with Gasteiger partial charge in [-0.15, -0.1) is 11.8 Å². The summed E-state index contributed by atoms with van der Waals surface area (Å²) in [5, 5.41) is 2.66. The third-order valence-corrected chi connectivity index (χ3v) is 5.94. The number of carbonyl (C=O) groups is 1. The molecule has 4 rings (SSSR count). The molecule has 2 aromatic carbocycles. The number of carbonyl (C=O) groups excluding carboxylic acids is 1. The van der Waals surface area contributed by atoms with Crippen LogP contribution in [0, 0.1) is 0 Å². The van der Waals surface area contributed by atoms with Crippen molar-refractivity contribution < 1.29 is 4.79 Å². The predicted octanol–water partition coefficient (Wildman–Crippen LogP) is 6.20. The lowest BCUT2D eigenvalue weighted by Gasteiger charge is -2.10. The molecule has 1 atom stereocenters. The van der Waals surface area contributed by atoms with E-state index in [4.69, 9.17) is 11.6 Å². The zero-order valence-corrected chi connectivity index (χ0v) is 17.7. The summed E-state index contributed by atoms with van der Waals surface area (Å²) in [5.41, 5.74) is 3.91. The molecule has 0 amide bonds. The molecule has 4 nitrogen and oxygen atoms in total. The van der Waals surface area contributed by atoms with Crippen molar-refractivity contribution >= 4 is 40.2 Å². The maximum atomic E-state index is 11.6. The normalized spacial score (nSPS) is 12.2. The molecule has 0 fully saturated rings. The van der Waals surface area contributed by atoms with Gasteiger partial charge in [-0.3, -0.25) is 4.79 Å². The molecule has 0 bridgehead atoms. The van der Waals surface area contributed by atoms with Gasteiger partial charge in [0.15, 0.2) is 0 Å². The van der Waals surface area contributed by atoms with Gasteiger partial charge in [0, 0.05) is 34.1 Å². The number of Topliss-reactive ketones (excluding diaryl/α,β-unsaturated/α-hetero) is 1. The fourth-order valence-electron chi connectivity index (χ4n) is 3.42. The topological polar surface area (TPSA) is 47.8 Å². The van der Waals surface area contributed by atoms with E-state index >= 15 is 0 Å². The number of fused-ring (bicyclic) bond motifs is 1. The van der Waals surface area contributed by atoms with Gasteiger partial charge in [0.05, 0.1) is 5.39 Å². The summed E-state index contributed by atoms with van der Waals surface area (Å²) < 4.78 is 2.05. The van der Waals surface area contributed by atoms with E-state index in [1.165, 1.54) is 0 Å². The average Bonchev–Trinajstić information content (AvgIpc) is 3.09. The van der Waals surface area contributed by atoms with E-state index < -0.39 is 0 Å². The van der Waals surface area contributed by atoms with Crippen molar-refractivity contribution in [2.75, 3.05) is 0 Å². The number of thioether (sulfide) groups is 1. The van der Waals surface area contributed by atoms with Crippen LogP contribution in [0.1, 0.15) is 20.3 Å². The SMILES string of the molecule is CC(=O)CC(C)Sc1ncnc2c1c(-c1ccccc1)cn2-c1cccc(Cl)c1. The summed E-state index contributed by atoms with van der Waals surface area (Å²) in [6.45, 7) is 3.67. The third-order valence-electron chi connectivity index (χ3n) is 4.61. The fraction of sp³-hybridized carbons (Fsp3) is 0.174. The highest BCUT2D eigenvalue weighted by molar-refractivity contribution is 8.00. The Morgan fingerprint density at radius 3 is 2.66 bits per heavy atom. The smallest absolute Gasteiger partial charge is 0.149 e. The first-order valence-corrected chi connectivity index (χ1v) is 10.6. The second-order valence-corrected chi connectivity index (χ2v) is 8.83. The molecule has 0 aliphatic heterocycles. The van der Waals surface area contributed by atoms with Gasteiger partial charge in [0.1, 0.15) is 22.8 Å². The molecule has 29 heavy (non-hydrogen) atoms. The Balaban J connectivity index is 1.93. The highest BCUT2D eigenvalue weighted by Gasteiger charge is 2.19. The summed E-state index contributed by atoms with van der Waals surface area (Å²) >= 11 is 7.85. The molecule has 0 spiro atoms. The van der Waals surface area contributed by atoms with Gasteiger partial charge in [-0.05, 0) is 30.7 Å². The second-order valence-electron chi connectivity index (χ2n) is 6.97. The van der Waals surface area contributed by atoms with Crippen molar-refractivity contribution in [3.8, 4) is 16.8 Å². The number of rotatable bonds is 6. The van der Waals surface area contributed by atoms with Crippen molar-refractivity contribution in [3.63, 3.8) is 0 Å². The quantitative estimate of drug-likeness (QED) is 0.274. The Bertz CT molecular complexity index is 1170. The van der Waals surface area contributed by atoms with Crippen LogP contribution in [-0.4, -0.2) is 25.6 Å². The van der Waals surface area contributed by atoms with Crippen LogP contribution in [0.5, 0.6) is 0 Å². The lowest BCUT2D eigenvalue weighted by Crippen LogP contribution is -2.04. The number of hydrogen-bond acceptors (Lipinski definition) is 4. The maximum absolute atomic E-state index is 11.6. The molecular weight excluding hydrogens is 402 g/mol. The molecule has 0 aliphatic carbocycles. The Morgan fingerprint density at radius 1 is 1.14 bits per heavy atom. The maximum Gasteiger partial charge on any atom is 0.149 e. The second kappa shape index (κ2) is 8.39. The molecule has 1 unspecified atom stereocenters. The van der Waals surface area contributed by atoms with Crippen LogP contribution in [-0.2, 0) is 4.79 Å². The summed E-state index contributed by atoms with van der Waals surface area (Å²) in [6, 6.07) is 17.9. The van der Waals surface area contributed by atoms with Crippen molar-refractivity contribution in [2.24, 2.45) is 0 Å². The summed E-state index contributed by atoms with van der Waals surface area (Å²) in [6.07, 6.45) is 4.17. The van der Waals surface area contributed by atoms with Gasteiger partial charge in [0.25, 0.3) is 0 Å². The van der Waals surface area contributed by atoms with Gasteiger partial charge in [0.2, 0.25) is 0 Å². The Labute approximate surface area is 178 Å². The average molecular weight is 422 g/mol.